The van der Waals surface area contributed by atoms with Gasteiger partial charge in [-0.1, -0.05) is 18.7 Å². The van der Waals surface area contributed by atoms with Crippen LogP contribution in [0.1, 0.15) is 16.1 Å². The van der Waals surface area contributed by atoms with E-state index in [9.17, 15) is 10.1 Å². The predicted octanol–water partition coefficient (Wildman–Crippen LogP) is 3.64. The third-order valence-corrected chi connectivity index (χ3v) is 2.97. The number of hydrogen-bond donors (Lipinski definition) is 0. The lowest BCUT2D eigenvalue weighted by molar-refractivity contribution is 0.101. The Morgan fingerprint density at radius 1 is 1.39 bits per heavy atom. The van der Waals surface area contributed by atoms with E-state index in [-0.39, 0.29) is 11.3 Å². The van der Waals surface area contributed by atoms with Gasteiger partial charge in [0, 0.05) is 0 Å². The van der Waals surface area contributed by atoms with Gasteiger partial charge in [-0.15, -0.1) is 0 Å². The van der Waals surface area contributed by atoms with E-state index in [4.69, 9.17) is 13.9 Å². The minimum atomic E-state index is -0.469. The molecule has 0 amide bonds. The molecule has 1 heterocycles. The minimum absolute atomic E-state index is 0.0261. The molecule has 5 nitrogen and oxygen atoms in total. The largest absolute Gasteiger partial charge is 0.493 e. The third-order valence-electron chi connectivity index (χ3n) is 2.97. The van der Waals surface area contributed by atoms with Crippen LogP contribution in [0.4, 0.5) is 0 Å². The molecule has 0 bridgehead atoms. The van der Waals surface area contributed by atoms with Gasteiger partial charge >= 0.3 is 0 Å². The highest BCUT2D eigenvalue weighted by Crippen LogP contribution is 2.29. The van der Waals surface area contributed by atoms with Crippen molar-refractivity contribution in [1.29, 1.82) is 5.26 Å². The number of methoxy groups -OCH3 is 1. The van der Waals surface area contributed by atoms with Gasteiger partial charge in [-0.05, 0) is 35.9 Å². The minimum Gasteiger partial charge on any atom is -0.493 e. The van der Waals surface area contributed by atoms with Crippen LogP contribution in [0.25, 0.3) is 6.08 Å². The maximum atomic E-state index is 12.2. The monoisotopic (exact) mass is 309 g/mol. The Morgan fingerprint density at radius 2 is 2.22 bits per heavy atom. The standard InChI is InChI=1S/C18H15NO4/c1-3-8-22-15-7-6-13(11-17(15)21-2)10-14(12-19)18(20)16-5-4-9-23-16/h3-7,9-11H,1,8H2,2H3/b14-10+. The second-order valence-electron chi connectivity index (χ2n) is 4.49. The number of carbonyl (C=O) groups excluding carboxylic acids is 1. The van der Waals surface area contributed by atoms with Crippen LogP contribution in [0.15, 0.2) is 59.2 Å². The molecule has 2 aromatic rings. The molecule has 0 spiro atoms. The molecule has 5 heteroatoms. The van der Waals surface area contributed by atoms with Crippen molar-refractivity contribution in [2.24, 2.45) is 0 Å². The molecule has 0 aliphatic heterocycles. The molecule has 0 saturated carbocycles. The van der Waals surface area contributed by atoms with Crippen LogP contribution in [-0.4, -0.2) is 19.5 Å². The maximum Gasteiger partial charge on any atom is 0.238 e. The van der Waals surface area contributed by atoms with Gasteiger partial charge in [0.2, 0.25) is 5.78 Å². The fourth-order valence-corrected chi connectivity index (χ4v) is 1.90. The van der Waals surface area contributed by atoms with E-state index in [2.05, 4.69) is 6.58 Å². The fraction of sp³-hybridized carbons (Fsp3) is 0.111. The molecular formula is C18H15NO4. The van der Waals surface area contributed by atoms with Crippen molar-refractivity contribution in [2.45, 2.75) is 0 Å². The Labute approximate surface area is 134 Å². The van der Waals surface area contributed by atoms with Gasteiger partial charge < -0.3 is 13.9 Å². The summed E-state index contributed by atoms with van der Waals surface area (Å²) in [6.45, 7) is 3.94. The van der Waals surface area contributed by atoms with Gasteiger partial charge in [-0.3, -0.25) is 4.79 Å². The Hall–Kier alpha value is -3.26. The Kier molecular flexibility index (Phi) is 5.37. The van der Waals surface area contributed by atoms with E-state index in [1.807, 2.05) is 6.07 Å². The first-order chi connectivity index (χ1) is 11.2. The molecule has 0 aliphatic rings. The lowest BCUT2D eigenvalue weighted by Gasteiger charge is -2.09. The Bertz CT molecular complexity index is 767. The van der Waals surface area contributed by atoms with E-state index in [0.29, 0.717) is 23.7 Å². The average Bonchev–Trinajstić information content (AvgIpc) is 3.12. The summed E-state index contributed by atoms with van der Waals surface area (Å²) in [4.78, 5) is 12.2. The smallest absolute Gasteiger partial charge is 0.238 e. The van der Waals surface area contributed by atoms with Crippen LogP contribution in [-0.2, 0) is 0 Å². The van der Waals surface area contributed by atoms with E-state index >= 15 is 0 Å². The van der Waals surface area contributed by atoms with Crippen molar-refractivity contribution < 1.29 is 18.7 Å². The first kappa shape index (κ1) is 16.1. The topological polar surface area (TPSA) is 72.5 Å². The maximum absolute atomic E-state index is 12.2. The molecule has 2 rings (SSSR count). The predicted molar refractivity (Wildman–Crippen MR) is 85.3 cm³/mol. The summed E-state index contributed by atoms with van der Waals surface area (Å²) in [6.07, 6.45) is 4.49. The number of Topliss-reactive ketones (excluding diaryl/α,β-unsaturated/α-hetero) is 1. The summed E-state index contributed by atoms with van der Waals surface area (Å²) < 4.78 is 15.7. The SMILES string of the molecule is C=CCOc1ccc(/C=C(\C#N)C(=O)c2ccco2)cc1OC. The molecule has 0 unspecified atom stereocenters. The molecular weight excluding hydrogens is 294 g/mol. The van der Waals surface area contributed by atoms with E-state index in [1.165, 1.54) is 25.5 Å². The van der Waals surface area contributed by atoms with Crippen molar-refractivity contribution in [2.75, 3.05) is 13.7 Å². The van der Waals surface area contributed by atoms with Crippen molar-refractivity contribution in [3.8, 4) is 17.6 Å². The second-order valence-corrected chi connectivity index (χ2v) is 4.49. The van der Waals surface area contributed by atoms with Gasteiger partial charge in [0.05, 0.1) is 13.4 Å². The average molecular weight is 309 g/mol. The van der Waals surface area contributed by atoms with Crippen LogP contribution in [0, 0.1) is 11.3 Å². The number of nitriles is 1. The zero-order valence-corrected chi connectivity index (χ0v) is 12.6. The van der Waals surface area contributed by atoms with Crippen molar-refractivity contribution >= 4 is 11.9 Å². The molecule has 1 aromatic carbocycles. The van der Waals surface area contributed by atoms with Crippen LogP contribution in [0.5, 0.6) is 11.5 Å². The van der Waals surface area contributed by atoms with Crippen molar-refractivity contribution in [3.63, 3.8) is 0 Å². The highest BCUT2D eigenvalue weighted by molar-refractivity contribution is 6.12. The number of nitrogens with zero attached hydrogens (tertiary/aromatic N) is 1. The normalized spacial score (nSPS) is 10.7. The third kappa shape index (κ3) is 3.89. The molecule has 0 atom stereocenters. The lowest BCUT2D eigenvalue weighted by atomic mass is 10.1. The molecule has 116 valence electrons. The van der Waals surface area contributed by atoms with Gasteiger partial charge in [0.15, 0.2) is 17.3 Å². The number of allylic oxidation sites excluding steroid dienone is 1. The van der Waals surface area contributed by atoms with Crippen molar-refractivity contribution in [1.82, 2.24) is 0 Å². The van der Waals surface area contributed by atoms with Gasteiger partial charge in [-0.25, -0.2) is 0 Å². The van der Waals surface area contributed by atoms with Gasteiger partial charge in [-0.2, -0.15) is 5.26 Å². The summed E-state index contributed by atoms with van der Waals surface area (Å²) in [5.74, 6) is 0.711. The van der Waals surface area contributed by atoms with Gasteiger partial charge in [0.25, 0.3) is 0 Å². The highest BCUT2D eigenvalue weighted by atomic mass is 16.5. The molecule has 1 aromatic heterocycles. The van der Waals surface area contributed by atoms with Gasteiger partial charge in [0.1, 0.15) is 18.2 Å². The van der Waals surface area contributed by atoms with Crippen LogP contribution in [0.2, 0.25) is 0 Å². The number of carbonyl (C=O) groups is 1. The first-order valence-electron chi connectivity index (χ1n) is 6.81. The van der Waals surface area contributed by atoms with Crippen LogP contribution >= 0.6 is 0 Å². The molecule has 0 saturated heterocycles. The number of ketones is 1. The number of rotatable bonds is 7. The number of hydrogen-bond acceptors (Lipinski definition) is 5. The molecule has 0 fully saturated rings. The Balaban J connectivity index is 2.31. The lowest BCUT2D eigenvalue weighted by Crippen LogP contribution is -2.00. The quantitative estimate of drug-likeness (QED) is 0.338. The number of furan rings is 1. The summed E-state index contributed by atoms with van der Waals surface area (Å²) in [6, 6.07) is 10.1. The fourth-order valence-electron chi connectivity index (χ4n) is 1.90. The molecule has 0 radical (unpaired) electrons. The first-order valence-corrected chi connectivity index (χ1v) is 6.81. The van der Waals surface area contributed by atoms with Crippen molar-refractivity contribution in [3.05, 3.63) is 66.1 Å². The van der Waals surface area contributed by atoms with E-state index in [1.54, 1.807) is 30.3 Å². The molecule has 23 heavy (non-hydrogen) atoms. The summed E-state index contributed by atoms with van der Waals surface area (Å²) in [5.41, 5.74) is 0.617. The summed E-state index contributed by atoms with van der Waals surface area (Å²) in [5, 5.41) is 9.21. The summed E-state index contributed by atoms with van der Waals surface area (Å²) >= 11 is 0. The van der Waals surface area contributed by atoms with Crippen LogP contribution < -0.4 is 9.47 Å². The van der Waals surface area contributed by atoms with E-state index < -0.39 is 5.78 Å². The molecule has 0 aliphatic carbocycles. The van der Waals surface area contributed by atoms with E-state index in [0.717, 1.165) is 0 Å². The summed E-state index contributed by atoms with van der Waals surface area (Å²) in [7, 11) is 1.52. The van der Waals surface area contributed by atoms with Crippen LogP contribution in [0.3, 0.4) is 0 Å². The molecule has 0 N–H and O–H groups in total. The number of ether oxygens (including phenoxy) is 2. The second kappa shape index (κ2) is 7.66. The number of benzene rings is 1. The zero-order valence-electron chi connectivity index (χ0n) is 12.6. The zero-order chi connectivity index (χ0) is 16.7. The Morgan fingerprint density at radius 3 is 2.83 bits per heavy atom. The highest BCUT2D eigenvalue weighted by Gasteiger charge is 2.15.